The molecular weight excluding hydrogens is 342 g/mol. The number of hydrogen-bond donors (Lipinski definition) is 1. The van der Waals surface area contributed by atoms with Crippen molar-refractivity contribution < 1.29 is 14.3 Å². The molecule has 0 bridgehead atoms. The number of amides is 2. The summed E-state index contributed by atoms with van der Waals surface area (Å²) in [6, 6.07) is 7.31. The van der Waals surface area contributed by atoms with E-state index < -0.39 is 5.92 Å². The number of benzene rings is 1. The number of hydrogen-bond acceptors (Lipinski definition) is 6. The number of carbonyl (C=O) groups excluding carboxylic acids is 2. The monoisotopic (exact) mass is 359 g/mol. The first-order valence-corrected chi connectivity index (χ1v) is 8.96. The minimum Gasteiger partial charge on any atom is -0.495 e. The van der Waals surface area contributed by atoms with Crippen LogP contribution in [0, 0.1) is 5.92 Å². The van der Waals surface area contributed by atoms with Crippen LogP contribution >= 0.6 is 11.8 Å². The Morgan fingerprint density at radius 1 is 1.36 bits per heavy atom. The highest BCUT2D eigenvalue weighted by Crippen LogP contribution is 2.33. The van der Waals surface area contributed by atoms with Crippen LogP contribution in [0.1, 0.15) is 6.42 Å². The van der Waals surface area contributed by atoms with Gasteiger partial charge in [0, 0.05) is 25.3 Å². The van der Waals surface area contributed by atoms with Crippen LogP contribution in [0.5, 0.6) is 5.75 Å². The molecule has 1 N–H and O–H groups in total. The van der Waals surface area contributed by atoms with E-state index in [-0.39, 0.29) is 18.2 Å². The summed E-state index contributed by atoms with van der Waals surface area (Å²) in [5, 5.41) is 11.7. The van der Waals surface area contributed by atoms with Crippen molar-refractivity contribution in [3.63, 3.8) is 0 Å². The summed E-state index contributed by atoms with van der Waals surface area (Å²) in [7, 11) is 1.56. The van der Waals surface area contributed by atoms with Crippen LogP contribution < -0.4 is 15.0 Å². The van der Waals surface area contributed by atoms with Gasteiger partial charge in [-0.1, -0.05) is 23.9 Å². The molecule has 2 aliphatic rings. The summed E-state index contributed by atoms with van der Waals surface area (Å²) in [6.07, 6.45) is 0.166. The molecule has 0 radical (unpaired) electrons. The third kappa shape index (κ3) is 2.84. The molecule has 1 fully saturated rings. The predicted octanol–water partition coefficient (Wildman–Crippen LogP) is 1.38. The summed E-state index contributed by atoms with van der Waals surface area (Å²) in [5.41, 5.74) is 0.685. The lowest BCUT2D eigenvalue weighted by Crippen LogP contribution is -2.29. The molecule has 1 aromatic carbocycles. The van der Waals surface area contributed by atoms with Crippen LogP contribution in [0.15, 0.2) is 29.4 Å². The fourth-order valence-electron chi connectivity index (χ4n) is 3.10. The Kier molecular flexibility index (Phi) is 4.08. The molecule has 0 spiro atoms. The van der Waals surface area contributed by atoms with Gasteiger partial charge in [-0.05, 0) is 12.1 Å². The number of thioether (sulfide) groups is 1. The number of nitrogens with one attached hydrogen (secondary N) is 1. The van der Waals surface area contributed by atoms with E-state index in [4.69, 9.17) is 4.74 Å². The van der Waals surface area contributed by atoms with E-state index in [1.165, 1.54) is 0 Å². The molecule has 130 valence electrons. The third-order valence-electron chi connectivity index (χ3n) is 4.37. The van der Waals surface area contributed by atoms with Gasteiger partial charge in [-0.25, -0.2) is 0 Å². The molecule has 8 nitrogen and oxygen atoms in total. The van der Waals surface area contributed by atoms with E-state index in [0.717, 1.165) is 17.5 Å². The molecule has 2 amide bonds. The number of methoxy groups -OCH3 is 1. The molecule has 25 heavy (non-hydrogen) atoms. The highest BCUT2D eigenvalue weighted by atomic mass is 32.2. The standard InChI is InChI=1S/C16H17N5O3S/c1-24-12-5-3-2-4-11(12)21-9-10(8-13(21)22)14(23)17-15-18-19-16-20(15)6-7-25-16/h2-5,10H,6-9H2,1H3,(H,17,18,23). The minimum absolute atomic E-state index is 0.0910. The molecule has 2 aromatic rings. The van der Waals surface area contributed by atoms with Gasteiger partial charge >= 0.3 is 0 Å². The van der Waals surface area contributed by atoms with Gasteiger partial charge < -0.3 is 9.64 Å². The van der Waals surface area contributed by atoms with Crippen molar-refractivity contribution in [2.45, 2.75) is 18.1 Å². The van der Waals surface area contributed by atoms with Crippen LogP contribution in [0.3, 0.4) is 0 Å². The number of ether oxygens (including phenoxy) is 1. The van der Waals surface area contributed by atoms with E-state index in [2.05, 4.69) is 15.5 Å². The van der Waals surface area contributed by atoms with Crippen LogP contribution in [0.2, 0.25) is 0 Å². The summed E-state index contributed by atoms with van der Waals surface area (Å²) in [6.45, 7) is 1.10. The average molecular weight is 359 g/mol. The number of fused-ring (bicyclic) bond motifs is 1. The van der Waals surface area contributed by atoms with Gasteiger partial charge in [0.2, 0.25) is 17.8 Å². The largest absolute Gasteiger partial charge is 0.495 e. The maximum absolute atomic E-state index is 12.6. The fraction of sp³-hybridized carbons (Fsp3) is 0.375. The van der Waals surface area contributed by atoms with Crippen molar-refractivity contribution in [3.8, 4) is 5.75 Å². The second-order valence-electron chi connectivity index (χ2n) is 5.87. The zero-order valence-electron chi connectivity index (χ0n) is 13.6. The minimum atomic E-state index is -0.431. The normalized spacial score (nSPS) is 19.2. The molecule has 0 aliphatic carbocycles. The van der Waals surface area contributed by atoms with E-state index >= 15 is 0 Å². The maximum atomic E-state index is 12.6. The Hall–Kier alpha value is -2.55. The van der Waals surface area contributed by atoms with E-state index in [9.17, 15) is 9.59 Å². The van der Waals surface area contributed by atoms with Crippen molar-refractivity contribution in [3.05, 3.63) is 24.3 Å². The van der Waals surface area contributed by atoms with Crippen molar-refractivity contribution in [2.24, 2.45) is 5.92 Å². The van der Waals surface area contributed by atoms with Crippen LogP contribution in [0.25, 0.3) is 0 Å². The SMILES string of the molecule is COc1ccccc1N1CC(C(=O)Nc2nnc3n2CCS3)CC1=O. The summed E-state index contributed by atoms with van der Waals surface area (Å²) in [4.78, 5) is 26.6. The van der Waals surface area contributed by atoms with E-state index in [0.29, 0.717) is 23.9 Å². The second-order valence-corrected chi connectivity index (χ2v) is 6.93. The Balaban J connectivity index is 1.49. The maximum Gasteiger partial charge on any atom is 0.232 e. The lowest BCUT2D eigenvalue weighted by atomic mass is 10.1. The molecule has 1 unspecified atom stereocenters. The average Bonchev–Trinajstić information content (AvgIpc) is 3.32. The van der Waals surface area contributed by atoms with Gasteiger partial charge in [0.05, 0.1) is 18.7 Å². The van der Waals surface area contributed by atoms with Gasteiger partial charge in [-0.3, -0.25) is 19.5 Å². The van der Waals surface area contributed by atoms with Crippen molar-refractivity contribution in [2.75, 3.05) is 29.6 Å². The molecule has 3 heterocycles. The van der Waals surface area contributed by atoms with Gasteiger partial charge in [-0.15, -0.1) is 10.2 Å². The highest BCUT2D eigenvalue weighted by molar-refractivity contribution is 7.99. The third-order valence-corrected chi connectivity index (χ3v) is 5.32. The molecule has 4 rings (SSSR count). The first kappa shape index (κ1) is 15.9. The Bertz CT molecular complexity index is 837. The summed E-state index contributed by atoms with van der Waals surface area (Å²) in [5.74, 6) is 1.26. The zero-order valence-corrected chi connectivity index (χ0v) is 14.5. The van der Waals surface area contributed by atoms with Gasteiger partial charge in [0.25, 0.3) is 0 Å². The zero-order chi connectivity index (χ0) is 17.4. The van der Waals surface area contributed by atoms with Crippen molar-refractivity contribution in [1.29, 1.82) is 0 Å². The first-order valence-electron chi connectivity index (χ1n) is 7.97. The molecule has 9 heteroatoms. The van der Waals surface area contributed by atoms with Crippen LogP contribution in [-0.2, 0) is 16.1 Å². The van der Waals surface area contributed by atoms with Gasteiger partial charge in [0.1, 0.15) is 5.75 Å². The number of nitrogens with zero attached hydrogens (tertiary/aromatic N) is 4. The first-order chi connectivity index (χ1) is 12.2. The van der Waals surface area contributed by atoms with E-state index in [1.807, 2.05) is 22.8 Å². The number of para-hydroxylation sites is 2. The smallest absolute Gasteiger partial charge is 0.232 e. The predicted molar refractivity (Wildman–Crippen MR) is 92.8 cm³/mol. The quantitative estimate of drug-likeness (QED) is 0.887. The van der Waals surface area contributed by atoms with E-state index in [1.54, 1.807) is 29.8 Å². The van der Waals surface area contributed by atoms with Crippen LogP contribution in [0.4, 0.5) is 11.6 Å². The molecular formula is C16H17N5O3S. The van der Waals surface area contributed by atoms with Crippen molar-refractivity contribution in [1.82, 2.24) is 14.8 Å². The molecule has 2 aliphatic heterocycles. The molecule has 1 atom stereocenters. The highest BCUT2D eigenvalue weighted by Gasteiger charge is 2.37. The summed E-state index contributed by atoms with van der Waals surface area (Å²) < 4.78 is 7.21. The fourth-order valence-corrected chi connectivity index (χ4v) is 3.99. The molecule has 0 saturated carbocycles. The lowest BCUT2D eigenvalue weighted by Gasteiger charge is -2.19. The Labute approximate surface area is 148 Å². The Morgan fingerprint density at radius 3 is 3.04 bits per heavy atom. The summed E-state index contributed by atoms with van der Waals surface area (Å²) >= 11 is 1.61. The Morgan fingerprint density at radius 2 is 2.20 bits per heavy atom. The number of rotatable bonds is 4. The molecule has 1 saturated heterocycles. The van der Waals surface area contributed by atoms with Crippen molar-refractivity contribution >= 4 is 35.2 Å². The lowest BCUT2D eigenvalue weighted by molar-refractivity contribution is -0.122. The molecule has 1 aromatic heterocycles. The van der Waals surface area contributed by atoms with Crippen LogP contribution in [-0.4, -0.2) is 46.0 Å². The van der Waals surface area contributed by atoms with Gasteiger partial charge in [0.15, 0.2) is 5.16 Å². The number of aromatic nitrogens is 3. The van der Waals surface area contributed by atoms with Gasteiger partial charge in [-0.2, -0.15) is 0 Å². The number of carbonyl (C=O) groups is 2. The topological polar surface area (TPSA) is 89.3 Å². The second kappa shape index (κ2) is 6.40. The number of anilines is 2.